The molecule has 20 heavy (non-hydrogen) atoms. The third kappa shape index (κ3) is 3.57. The predicted molar refractivity (Wildman–Crippen MR) is 78.4 cm³/mol. The molecule has 1 saturated carbocycles. The molecule has 1 aromatic rings. The van der Waals surface area contributed by atoms with E-state index in [0.29, 0.717) is 11.3 Å². The van der Waals surface area contributed by atoms with Gasteiger partial charge in [0.2, 0.25) is 5.91 Å². The van der Waals surface area contributed by atoms with Gasteiger partial charge in [-0.3, -0.25) is 9.59 Å². The molecule has 0 radical (unpaired) electrons. The van der Waals surface area contributed by atoms with Crippen LogP contribution in [0, 0.1) is 0 Å². The summed E-state index contributed by atoms with van der Waals surface area (Å²) in [7, 11) is 0. The molecule has 2 rings (SSSR count). The van der Waals surface area contributed by atoms with Crippen molar-refractivity contribution in [3.05, 3.63) is 29.8 Å². The van der Waals surface area contributed by atoms with Crippen molar-refractivity contribution in [2.45, 2.75) is 44.7 Å². The molecule has 0 unspecified atom stereocenters. The second-order valence-electron chi connectivity index (χ2n) is 6.39. The molecule has 1 aromatic carbocycles. The summed E-state index contributed by atoms with van der Waals surface area (Å²) < 4.78 is 0. The van der Waals surface area contributed by atoms with E-state index < -0.39 is 5.54 Å². The predicted octanol–water partition coefficient (Wildman–Crippen LogP) is 1.64. The van der Waals surface area contributed by atoms with Gasteiger partial charge in [0.25, 0.3) is 5.91 Å². The minimum absolute atomic E-state index is 0.132. The van der Waals surface area contributed by atoms with Crippen LogP contribution in [-0.2, 0) is 4.79 Å². The number of amides is 2. The molecule has 1 aliphatic carbocycles. The van der Waals surface area contributed by atoms with Gasteiger partial charge in [-0.15, -0.1) is 0 Å². The fourth-order valence-corrected chi connectivity index (χ4v) is 1.73. The van der Waals surface area contributed by atoms with Crippen LogP contribution in [-0.4, -0.2) is 22.9 Å². The molecule has 1 aliphatic rings. The third-order valence-corrected chi connectivity index (χ3v) is 3.13. The molecule has 0 saturated heterocycles. The van der Waals surface area contributed by atoms with Crippen molar-refractivity contribution < 1.29 is 9.59 Å². The van der Waals surface area contributed by atoms with Gasteiger partial charge in [-0.25, -0.2) is 0 Å². The topological polar surface area (TPSA) is 84.2 Å². The normalized spacial score (nSPS) is 16.4. The zero-order valence-corrected chi connectivity index (χ0v) is 12.1. The van der Waals surface area contributed by atoms with Gasteiger partial charge in [0, 0.05) is 16.8 Å². The van der Waals surface area contributed by atoms with E-state index in [1.807, 2.05) is 20.8 Å². The van der Waals surface area contributed by atoms with E-state index in [1.165, 1.54) is 0 Å². The van der Waals surface area contributed by atoms with Crippen LogP contribution in [0.3, 0.4) is 0 Å². The monoisotopic (exact) mass is 275 g/mol. The van der Waals surface area contributed by atoms with E-state index in [2.05, 4.69) is 10.6 Å². The van der Waals surface area contributed by atoms with Crippen molar-refractivity contribution >= 4 is 17.5 Å². The number of hydrogen-bond acceptors (Lipinski definition) is 3. The van der Waals surface area contributed by atoms with Gasteiger partial charge in [-0.05, 0) is 57.9 Å². The van der Waals surface area contributed by atoms with Crippen LogP contribution in [0.4, 0.5) is 5.69 Å². The van der Waals surface area contributed by atoms with E-state index >= 15 is 0 Å². The number of anilines is 1. The summed E-state index contributed by atoms with van der Waals surface area (Å²) in [4.78, 5) is 23.7. The lowest BCUT2D eigenvalue weighted by Gasteiger charge is -2.20. The first kappa shape index (κ1) is 14.5. The number of benzene rings is 1. The van der Waals surface area contributed by atoms with Gasteiger partial charge < -0.3 is 16.4 Å². The Bertz CT molecular complexity index is 525. The van der Waals surface area contributed by atoms with Gasteiger partial charge in [0.1, 0.15) is 0 Å². The fraction of sp³-hybridized carbons (Fsp3) is 0.467. The second-order valence-corrected chi connectivity index (χ2v) is 6.39. The van der Waals surface area contributed by atoms with E-state index in [0.717, 1.165) is 12.8 Å². The van der Waals surface area contributed by atoms with E-state index in [1.54, 1.807) is 24.3 Å². The first-order valence-corrected chi connectivity index (χ1v) is 6.73. The lowest BCUT2D eigenvalue weighted by atomic mass is 10.1. The highest BCUT2D eigenvalue weighted by Gasteiger charge is 2.45. The Kier molecular flexibility index (Phi) is 3.56. The lowest BCUT2D eigenvalue weighted by molar-refractivity contribution is -0.118. The van der Waals surface area contributed by atoms with Gasteiger partial charge in [0.05, 0.1) is 5.54 Å². The largest absolute Gasteiger partial charge is 0.347 e. The van der Waals surface area contributed by atoms with Gasteiger partial charge >= 0.3 is 0 Å². The molecule has 1 fully saturated rings. The van der Waals surface area contributed by atoms with Crippen LogP contribution < -0.4 is 16.4 Å². The average Bonchev–Trinajstić information content (AvgIpc) is 3.07. The lowest BCUT2D eigenvalue weighted by Crippen LogP contribution is -2.40. The molecule has 0 atom stereocenters. The molecule has 5 nitrogen and oxygen atoms in total. The van der Waals surface area contributed by atoms with E-state index in [4.69, 9.17) is 5.73 Å². The minimum atomic E-state index is -0.692. The number of nitrogens with one attached hydrogen (secondary N) is 2. The summed E-state index contributed by atoms with van der Waals surface area (Å²) in [6.07, 6.45) is 1.45. The maximum Gasteiger partial charge on any atom is 0.251 e. The van der Waals surface area contributed by atoms with Crippen molar-refractivity contribution in [2.75, 3.05) is 5.32 Å². The molecule has 0 spiro atoms. The summed E-state index contributed by atoms with van der Waals surface area (Å²) in [5, 5.41) is 5.65. The van der Waals surface area contributed by atoms with Crippen LogP contribution in [0.25, 0.3) is 0 Å². The summed E-state index contributed by atoms with van der Waals surface area (Å²) in [6, 6.07) is 6.79. The number of rotatable bonds is 3. The average molecular weight is 275 g/mol. The van der Waals surface area contributed by atoms with Crippen molar-refractivity contribution in [1.29, 1.82) is 0 Å². The standard InChI is InChI=1S/C15H21N3O2/c1-14(2,3)18-12(19)10-4-6-11(7-5-10)17-13(20)15(16)8-9-15/h4-7H,8-9,16H2,1-3H3,(H,17,20)(H,18,19). The molecule has 0 aliphatic heterocycles. The van der Waals surface area contributed by atoms with Gasteiger partial charge in [-0.2, -0.15) is 0 Å². The van der Waals surface area contributed by atoms with Crippen molar-refractivity contribution in [3.8, 4) is 0 Å². The summed E-state index contributed by atoms with van der Waals surface area (Å²) in [6.45, 7) is 5.78. The number of carbonyl (C=O) groups excluding carboxylic acids is 2. The molecule has 108 valence electrons. The highest BCUT2D eigenvalue weighted by atomic mass is 16.2. The molecule has 2 amide bonds. The maximum atomic E-state index is 11.9. The molecule has 0 bridgehead atoms. The number of carbonyl (C=O) groups is 2. The van der Waals surface area contributed by atoms with Crippen LogP contribution in [0.1, 0.15) is 44.0 Å². The number of hydrogen-bond donors (Lipinski definition) is 3. The zero-order valence-electron chi connectivity index (χ0n) is 12.1. The summed E-state index contributed by atoms with van der Waals surface area (Å²) >= 11 is 0. The first-order valence-electron chi connectivity index (χ1n) is 6.73. The van der Waals surface area contributed by atoms with Crippen molar-refractivity contribution in [3.63, 3.8) is 0 Å². The Morgan fingerprint density at radius 2 is 1.70 bits per heavy atom. The van der Waals surface area contributed by atoms with Crippen molar-refractivity contribution in [1.82, 2.24) is 5.32 Å². The summed E-state index contributed by atoms with van der Waals surface area (Å²) in [5.41, 5.74) is 6.05. The second kappa shape index (κ2) is 4.90. The maximum absolute atomic E-state index is 11.9. The highest BCUT2D eigenvalue weighted by molar-refractivity contribution is 6.00. The van der Waals surface area contributed by atoms with Gasteiger partial charge in [0.15, 0.2) is 0 Å². The van der Waals surface area contributed by atoms with Crippen molar-refractivity contribution in [2.24, 2.45) is 5.73 Å². The molecule has 4 N–H and O–H groups in total. The van der Waals surface area contributed by atoms with E-state index in [9.17, 15) is 9.59 Å². The van der Waals surface area contributed by atoms with Gasteiger partial charge in [-0.1, -0.05) is 0 Å². The van der Waals surface area contributed by atoms with E-state index in [-0.39, 0.29) is 17.4 Å². The zero-order chi connectivity index (χ0) is 15.0. The molecular formula is C15H21N3O2. The van der Waals surface area contributed by atoms with Crippen LogP contribution in [0.2, 0.25) is 0 Å². The Balaban J connectivity index is 1.99. The van der Waals surface area contributed by atoms with Crippen LogP contribution in [0.5, 0.6) is 0 Å². The Morgan fingerprint density at radius 1 is 1.15 bits per heavy atom. The fourth-order valence-electron chi connectivity index (χ4n) is 1.73. The van der Waals surface area contributed by atoms with Crippen LogP contribution in [0.15, 0.2) is 24.3 Å². The van der Waals surface area contributed by atoms with Crippen LogP contribution >= 0.6 is 0 Å². The highest BCUT2D eigenvalue weighted by Crippen LogP contribution is 2.33. The summed E-state index contributed by atoms with van der Waals surface area (Å²) in [5.74, 6) is -0.294. The Morgan fingerprint density at radius 3 is 2.15 bits per heavy atom. The SMILES string of the molecule is CC(C)(C)NC(=O)c1ccc(NC(=O)C2(N)CC2)cc1. The quantitative estimate of drug-likeness (QED) is 0.784. The third-order valence-electron chi connectivity index (χ3n) is 3.13. The smallest absolute Gasteiger partial charge is 0.251 e. The molecule has 5 heteroatoms. The first-order chi connectivity index (χ1) is 9.20. The Labute approximate surface area is 118 Å². The Hall–Kier alpha value is -1.88. The molecular weight excluding hydrogens is 254 g/mol. The number of nitrogens with two attached hydrogens (primary N) is 1. The minimum Gasteiger partial charge on any atom is -0.347 e. The molecule has 0 heterocycles. The molecule has 0 aromatic heterocycles.